The normalized spacial score (nSPS) is 29.5. The Hall–Kier alpha value is -1.10. The Morgan fingerprint density at radius 1 is 1.32 bits per heavy atom. The van der Waals surface area contributed by atoms with Gasteiger partial charge in [-0.15, -0.1) is 0 Å². The summed E-state index contributed by atoms with van der Waals surface area (Å²) in [6.07, 6.45) is 1.66. The summed E-state index contributed by atoms with van der Waals surface area (Å²) < 4.78 is 5.16. The Balaban J connectivity index is 1.77. The summed E-state index contributed by atoms with van der Waals surface area (Å²) in [6, 6.07) is 8.54. The van der Waals surface area contributed by atoms with Crippen LogP contribution < -0.4 is 10.1 Å². The average Bonchev–Trinajstić information content (AvgIpc) is 2.50. The Morgan fingerprint density at radius 3 is 2.64 bits per heavy atom. The molecule has 1 aromatic carbocycles. The van der Waals surface area contributed by atoms with Gasteiger partial charge in [-0.25, -0.2) is 0 Å². The van der Waals surface area contributed by atoms with Crippen LogP contribution in [0.5, 0.6) is 5.75 Å². The molecule has 1 aliphatic heterocycles. The first-order valence-corrected chi connectivity index (χ1v) is 8.21. The molecule has 0 spiro atoms. The third-order valence-electron chi connectivity index (χ3n) is 5.10. The van der Waals surface area contributed by atoms with Crippen LogP contribution in [0.25, 0.3) is 0 Å². The molecule has 2 rings (SSSR count). The molecule has 4 nitrogen and oxygen atoms in total. The zero-order valence-corrected chi connectivity index (χ0v) is 14.3. The van der Waals surface area contributed by atoms with Crippen LogP contribution in [0.4, 0.5) is 0 Å². The highest BCUT2D eigenvalue weighted by molar-refractivity contribution is 5.26. The molecule has 2 N–H and O–H groups in total. The van der Waals surface area contributed by atoms with E-state index >= 15 is 0 Å². The average molecular weight is 306 g/mol. The maximum atomic E-state index is 10.9. The molecule has 0 radical (unpaired) electrons. The number of methoxy groups -OCH3 is 1. The minimum atomic E-state index is -0.543. The molecule has 1 aromatic rings. The molecule has 1 fully saturated rings. The van der Waals surface area contributed by atoms with Gasteiger partial charge >= 0.3 is 0 Å². The second kappa shape index (κ2) is 7.44. The summed E-state index contributed by atoms with van der Waals surface area (Å²) in [5.74, 6) is 1.20. The predicted molar refractivity (Wildman–Crippen MR) is 90.1 cm³/mol. The molecule has 0 aromatic heterocycles. The van der Waals surface area contributed by atoms with E-state index in [1.165, 1.54) is 5.56 Å². The lowest BCUT2D eigenvalue weighted by atomic mass is 9.77. The van der Waals surface area contributed by atoms with E-state index in [9.17, 15) is 5.11 Å². The number of ether oxygens (including phenoxy) is 1. The Morgan fingerprint density at radius 2 is 2.00 bits per heavy atom. The quantitative estimate of drug-likeness (QED) is 0.792. The number of piperidine rings is 1. The molecule has 0 saturated carbocycles. The van der Waals surface area contributed by atoms with Crippen molar-refractivity contribution in [1.82, 2.24) is 10.2 Å². The van der Waals surface area contributed by atoms with E-state index in [0.717, 1.165) is 38.2 Å². The topological polar surface area (TPSA) is 44.7 Å². The highest BCUT2D eigenvalue weighted by Gasteiger charge is 2.40. The van der Waals surface area contributed by atoms with Gasteiger partial charge in [-0.2, -0.15) is 0 Å². The smallest absolute Gasteiger partial charge is 0.118 e. The van der Waals surface area contributed by atoms with E-state index in [-0.39, 0.29) is 0 Å². The fourth-order valence-electron chi connectivity index (χ4n) is 3.28. The molecule has 3 atom stereocenters. The van der Waals surface area contributed by atoms with E-state index in [1.54, 1.807) is 7.11 Å². The Bertz CT molecular complexity index is 463. The van der Waals surface area contributed by atoms with Crippen molar-refractivity contribution in [2.24, 2.45) is 5.92 Å². The van der Waals surface area contributed by atoms with Gasteiger partial charge in [0.2, 0.25) is 0 Å². The first kappa shape index (κ1) is 17.3. The minimum Gasteiger partial charge on any atom is -0.497 e. The molecule has 1 heterocycles. The first-order chi connectivity index (χ1) is 10.4. The van der Waals surface area contributed by atoms with Crippen molar-refractivity contribution in [3.8, 4) is 5.75 Å². The van der Waals surface area contributed by atoms with Gasteiger partial charge in [-0.1, -0.05) is 19.1 Å². The van der Waals surface area contributed by atoms with Gasteiger partial charge in [0.15, 0.2) is 0 Å². The third-order valence-corrected chi connectivity index (χ3v) is 5.10. The van der Waals surface area contributed by atoms with Crippen molar-refractivity contribution in [2.75, 3.05) is 27.2 Å². The van der Waals surface area contributed by atoms with Crippen LogP contribution in [0.2, 0.25) is 0 Å². The lowest BCUT2D eigenvalue weighted by Crippen LogP contribution is -2.54. The van der Waals surface area contributed by atoms with Gasteiger partial charge < -0.3 is 20.1 Å². The number of aliphatic hydroxyl groups is 1. The molecular formula is C18H30N2O2. The van der Waals surface area contributed by atoms with Gasteiger partial charge in [0, 0.05) is 19.1 Å². The number of nitrogens with zero attached hydrogens (tertiary/aromatic N) is 1. The number of rotatable bonds is 6. The van der Waals surface area contributed by atoms with Crippen LogP contribution in [0, 0.1) is 5.92 Å². The molecule has 124 valence electrons. The fourth-order valence-corrected chi connectivity index (χ4v) is 3.28. The monoisotopic (exact) mass is 306 g/mol. The molecule has 0 bridgehead atoms. The summed E-state index contributed by atoms with van der Waals surface area (Å²) >= 11 is 0. The largest absolute Gasteiger partial charge is 0.497 e. The van der Waals surface area contributed by atoms with Crippen molar-refractivity contribution < 1.29 is 9.84 Å². The number of hydrogen-bond donors (Lipinski definition) is 2. The maximum absolute atomic E-state index is 10.9. The van der Waals surface area contributed by atoms with Crippen molar-refractivity contribution in [3.05, 3.63) is 29.8 Å². The van der Waals surface area contributed by atoms with Crippen molar-refractivity contribution in [2.45, 2.75) is 44.9 Å². The van der Waals surface area contributed by atoms with Gasteiger partial charge in [0.05, 0.1) is 12.7 Å². The third kappa shape index (κ3) is 4.22. The summed E-state index contributed by atoms with van der Waals surface area (Å²) in [6.45, 7) is 6.98. The first-order valence-electron chi connectivity index (χ1n) is 8.21. The van der Waals surface area contributed by atoms with E-state index in [0.29, 0.717) is 12.0 Å². The molecule has 22 heavy (non-hydrogen) atoms. The minimum absolute atomic E-state index is 0.316. The number of hydrogen-bond acceptors (Lipinski definition) is 4. The van der Waals surface area contributed by atoms with Crippen LogP contribution in [-0.2, 0) is 6.54 Å². The Kier molecular flexibility index (Phi) is 5.84. The van der Waals surface area contributed by atoms with Gasteiger partial charge in [-0.3, -0.25) is 0 Å². The molecule has 1 saturated heterocycles. The molecule has 0 aliphatic carbocycles. The van der Waals surface area contributed by atoms with Crippen molar-refractivity contribution in [1.29, 1.82) is 0 Å². The van der Waals surface area contributed by atoms with Crippen molar-refractivity contribution in [3.63, 3.8) is 0 Å². The van der Waals surface area contributed by atoms with Gasteiger partial charge in [0.1, 0.15) is 5.75 Å². The molecular weight excluding hydrogens is 276 g/mol. The van der Waals surface area contributed by atoms with Crippen molar-refractivity contribution >= 4 is 0 Å². The maximum Gasteiger partial charge on any atom is 0.118 e. The lowest BCUT2D eigenvalue weighted by molar-refractivity contribution is -0.0831. The van der Waals surface area contributed by atoms with E-state index < -0.39 is 5.60 Å². The van der Waals surface area contributed by atoms with Gasteiger partial charge in [-0.05, 0) is 57.0 Å². The van der Waals surface area contributed by atoms with Crippen LogP contribution in [-0.4, -0.2) is 48.9 Å². The van der Waals surface area contributed by atoms with Crippen LogP contribution in [0.15, 0.2) is 24.3 Å². The SMILES string of the molecule is COc1ccc(CNCC[C@]2(O)C[C@@H](C)N(C)C[C@H]2C)cc1. The standard InChI is InChI=1S/C18H30N2O2/c1-14-13-20(3)15(2)11-18(14,21)9-10-19-12-16-5-7-17(22-4)8-6-16/h5-8,14-15,19,21H,9-13H2,1-4H3/t14-,15-,18+/m1/s1. The molecule has 0 amide bonds. The second-order valence-corrected chi connectivity index (χ2v) is 6.77. The van der Waals surface area contributed by atoms with Crippen LogP contribution in [0.3, 0.4) is 0 Å². The molecule has 0 unspecified atom stereocenters. The lowest BCUT2D eigenvalue weighted by Gasteiger charge is -2.46. The summed E-state index contributed by atoms with van der Waals surface area (Å²) in [5.41, 5.74) is 0.691. The number of nitrogens with one attached hydrogen (secondary N) is 1. The molecule has 4 heteroatoms. The van der Waals surface area contributed by atoms with E-state index in [4.69, 9.17) is 4.74 Å². The predicted octanol–water partition coefficient (Wildman–Crippen LogP) is 2.27. The fraction of sp³-hybridized carbons (Fsp3) is 0.667. The molecule has 1 aliphatic rings. The highest BCUT2D eigenvalue weighted by Crippen LogP contribution is 2.33. The summed E-state index contributed by atoms with van der Waals surface area (Å²) in [5, 5.41) is 14.4. The van der Waals surface area contributed by atoms with E-state index in [2.05, 4.69) is 43.2 Å². The number of likely N-dealkylation sites (tertiary alicyclic amines) is 1. The highest BCUT2D eigenvalue weighted by atomic mass is 16.5. The summed E-state index contributed by atoms with van der Waals surface area (Å²) in [4.78, 5) is 2.34. The Labute approximate surface area is 134 Å². The number of benzene rings is 1. The van der Waals surface area contributed by atoms with Gasteiger partial charge in [0.25, 0.3) is 0 Å². The second-order valence-electron chi connectivity index (χ2n) is 6.77. The van der Waals surface area contributed by atoms with Crippen LogP contribution in [0.1, 0.15) is 32.3 Å². The zero-order chi connectivity index (χ0) is 16.2. The summed E-state index contributed by atoms with van der Waals surface area (Å²) in [7, 11) is 3.82. The van der Waals surface area contributed by atoms with Crippen LogP contribution >= 0.6 is 0 Å². The van der Waals surface area contributed by atoms with E-state index in [1.807, 2.05) is 12.1 Å². The zero-order valence-electron chi connectivity index (χ0n) is 14.3.